The fourth-order valence-corrected chi connectivity index (χ4v) is 6.33. The first-order valence-corrected chi connectivity index (χ1v) is 12.4. The third-order valence-corrected chi connectivity index (χ3v) is 8.25. The van der Waals surface area contributed by atoms with Crippen LogP contribution in [-0.4, -0.2) is 40.3 Å². The quantitative estimate of drug-likeness (QED) is 0.502. The van der Waals surface area contributed by atoms with E-state index in [1.165, 1.54) is 0 Å². The summed E-state index contributed by atoms with van der Waals surface area (Å²) in [5.74, 6) is -0.493. The summed E-state index contributed by atoms with van der Waals surface area (Å²) in [6.45, 7) is 0. The molecule has 0 radical (unpaired) electrons. The highest BCUT2D eigenvalue weighted by Gasteiger charge is 2.35. The van der Waals surface area contributed by atoms with Crippen molar-refractivity contribution in [3.8, 4) is 0 Å². The largest absolute Gasteiger partial charge is 0.610 e. The molecule has 2 aliphatic carbocycles. The fourth-order valence-electron chi connectivity index (χ4n) is 3.65. The number of nitrogens with one attached hydrogen (secondary N) is 2. The van der Waals surface area contributed by atoms with E-state index in [4.69, 9.17) is 12.2 Å². The lowest BCUT2D eigenvalue weighted by molar-refractivity contribution is -0.345. The molecule has 0 aliphatic heterocycles. The van der Waals surface area contributed by atoms with Gasteiger partial charge in [0.05, 0.1) is 16.3 Å². The Balaban J connectivity index is 1.60. The Morgan fingerprint density at radius 3 is 2.60 bits per heavy atom. The van der Waals surface area contributed by atoms with Gasteiger partial charge in [0.15, 0.2) is 5.11 Å². The lowest BCUT2D eigenvalue weighted by Gasteiger charge is -2.30. The summed E-state index contributed by atoms with van der Waals surface area (Å²) >= 11 is 6.10. The first kappa shape index (κ1) is 23.3. The van der Waals surface area contributed by atoms with Crippen molar-refractivity contribution < 1.29 is 31.5 Å². The topological polar surface area (TPSA) is 90.5 Å². The number of hydrogen-bond acceptors (Lipinski definition) is 6. The van der Waals surface area contributed by atoms with E-state index in [0.717, 1.165) is 17.6 Å². The number of carbonyl (C=O) groups excluding carboxylic acids is 1. The number of hydrogen-bond donors (Lipinski definition) is 2. The molecule has 1 heterocycles. The van der Waals surface area contributed by atoms with Crippen LogP contribution in [0.1, 0.15) is 52.9 Å². The number of thiophene rings is 1. The van der Waals surface area contributed by atoms with Crippen LogP contribution in [0.5, 0.6) is 0 Å². The Morgan fingerprint density at radius 2 is 2.00 bits per heavy atom. The van der Waals surface area contributed by atoms with Gasteiger partial charge < -0.3 is 9.87 Å². The first-order chi connectivity index (χ1) is 13.9. The van der Waals surface area contributed by atoms with Crippen LogP contribution in [0.3, 0.4) is 0 Å². The summed E-state index contributed by atoms with van der Waals surface area (Å²) in [5, 5.41) is 5.59. The Morgan fingerprint density at radius 1 is 1.33 bits per heavy atom. The molecule has 0 bridgehead atoms. The van der Waals surface area contributed by atoms with Crippen LogP contribution in [0.25, 0.3) is 6.08 Å². The van der Waals surface area contributed by atoms with Gasteiger partial charge in [0.2, 0.25) is 4.21 Å². The van der Waals surface area contributed by atoms with Gasteiger partial charge in [-0.3, -0.25) is 14.8 Å². The molecule has 1 fully saturated rings. The molecular formula is C18H21F3N2O4S3. The van der Waals surface area contributed by atoms with Crippen LogP contribution in [0.15, 0.2) is 10.3 Å². The maximum absolute atomic E-state index is 12.7. The highest BCUT2D eigenvalue weighted by Crippen LogP contribution is 2.38. The molecule has 3 rings (SSSR count). The van der Waals surface area contributed by atoms with Crippen molar-refractivity contribution in [2.45, 2.75) is 61.2 Å². The summed E-state index contributed by atoms with van der Waals surface area (Å²) in [6, 6.07) is -0.169. The van der Waals surface area contributed by atoms with Crippen molar-refractivity contribution >= 4 is 50.9 Å². The van der Waals surface area contributed by atoms with Crippen LogP contribution < -0.4 is 10.6 Å². The minimum atomic E-state index is -4.64. The molecule has 1 atom stereocenters. The second-order valence-corrected chi connectivity index (χ2v) is 10.9. The number of thiocarbonyl (C=S) groups is 1. The zero-order valence-electron chi connectivity index (χ0n) is 16.0. The smallest absolute Gasteiger partial charge is 0.522 e. The number of ether oxygens (including phenoxy) is 1. The van der Waals surface area contributed by atoms with Crippen LogP contribution in [0.4, 0.5) is 13.2 Å². The average molecular weight is 483 g/mol. The summed E-state index contributed by atoms with van der Waals surface area (Å²) in [5.41, 5.74) is 1.24. The molecule has 1 aromatic heterocycles. The Bertz CT molecular complexity index is 899. The van der Waals surface area contributed by atoms with Gasteiger partial charge in [0.25, 0.3) is 5.91 Å². The summed E-state index contributed by atoms with van der Waals surface area (Å²) in [4.78, 5) is 13.0. The molecule has 30 heavy (non-hydrogen) atoms. The van der Waals surface area contributed by atoms with Gasteiger partial charge in [-0.1, -0.05) is 23.5 Å². The van der Waals surface area contributed by atoms with Crippen LogP contribution >= 0.6 is 23.6 Å². The van der Waals surface area contributed by atoms with Crippen LogP contribution in [-0.2, 0) is 25.6 Å². The maximum atomic E-state index is 12.7. The molecule has 0 saturated heterocycles. The third-order valence-electron chi connectivity index (χ3n) is 4.94. The molecule has 1 amide bonds. The van der Waals surface area contributed by atoms with Gasteiger partial charge in [-0.15, -0.1) is 17.4 Å². The van der Waals surface area contributed by atoms with Crippen molar-refractivity contribution in [1.29, 1.82) is 0 Å². The zero-order valence-corrected chi connectivity index (χ0v) is 18.5. The number of fused-ring (bicyclic) bond motifs is 1. The van der Waals surface area contributed by atoms with E-state index in [1.807, 2.05) is 6.08 Å². The molecule has 1 unspecified atom stereocenters. The lowest BCUT2D eigenvalue weighted by atomic mass is 9.93. The second-order valence-electron chi connectivity index (χ2n) is 7.29. The SMILES string of the molecule is C[S+](=O)([O-])c1sc(C(=O)NC(=S)NC2CCC(OC(F)(F)F)CC2)c2c1C=CCC2. The van der Waals surface area contributed by atoms with E-state index in [0.29, 0.717) is 41.7 Å². The van der Waals surface area contributed by atoms with Crippen molar-refractivity contribution in [3.05, 3.63) is 22.1 Å². The van der Waals surface area contributed by atoms with E-state index in [9.17, 15) is 26.7 Å². The molecule has 1 aromatic rings. The molecule has 12 heteroatoms. The molecule has 6 nitrogen and oxygen atoms in total. The first-order valence-electron chi connectivity index (χ1n) is 9.32. The standard InChI is InChI=1S/C18H21F3N2O4S3/c1-30(25,26)16-13-5-3-2-4-12(13)14(29-16)15(24)23-17(28)22-10-6-8-11(9-7-10)27-18(19,20)21/h3,5,10-11H,2,4,6-9H2,1H3,(H2-,22,23,24,25,26,28). The van der Waals surface area contributed by atoms with Crippen molar-refractivity contribution in [2.75, 3.05) is 6.26 Å². The van der Waals surface area contributed by atoms with Crippen molar-refractivity contribution in [2.24, 2.45) is 0 Å². The van der Waals surface area contributed by atoms with E-state index in [-0.39, 0.29) is 28.2 Å². The number of halogens is 3. The average Bonchev–Trinajstić information content (AvgIpc) is 3.02. The maximum Gasteiger partial charge on any atom is 0.522 e. The lowest BCUT2D eigenvalue weighted by Crippen LogP contribution is -2.46. The minimum absolute atomic E-state index is 0.0644. The molecule has 2 aliphatic rings. The fraction of sp³-hybridized carbons (Fsp3) is 0.556. The van der Waals surface area contributed by atoms with Gasteiger partial charge in [-0.2, -0.15) is 0 Å². The van der Waals surface area contributed by atoms with Gasteiger partial charge in [-0.25, -0.2) is 0 Å². The minimum Gasteiger partial charge on any atom is -0.610 e. The monoisotopic (exact) mass is 482 g/mol. The molecular weight excluding hydrogens is 461 g/mol. The van der Waals surface area contributed by atoms with Gasteiger partial charge in [-0.05, 0) is 56.3 Å². The summed E-state index contributed by atoms with van der Waals surface area (Å²) in [6.07, 6.45) is 1.77. The molecule has 166 valence electrons. The van der Waals surface area contributed by atoms with Crippen molar-refractivity contribution in [1.82, 2.24) is 10.6 Å². The van der Waals surface area contributed by atoms with Crippen LogP contribution in [0, 0.1) is 0 Å². The van der Waals surface area contributed by atoms with Gasteiger partial charge >= 0.3 is 6.36 Å². The Kier molecular flexibility index (Phi) is 7.02. The zero-order chi connectivity index (χ0) is 22.1. The number of sulfone groups is 1. The van der Waals surface area contributed by atoms with E-state index in [2.05, 4.69) is 15.4 Å². The van der Waals surface area contributed by atoms with E-state index < -0.39 is 28.6 Å². The van der Waals surface area contributed by atoms with Gasteiger partial charge in [0, 0.05) is 11.6 Å². The predicted octanol–water partition coefficient (Wildman–Crippen LogP) is 3.78. The number of allylic oxidation sites excluding steroid dienone is 1. The summed E-state index contributed by atoms with van der Waals surface area (Å²) < 4.78 is 65.2. The highest BCUT2D eigenvalue weighted by molar-refractivity contribution is 7.98. The molecule has 1 saturated carbocycles. The molecule has 2 N–H and O–H groups in total. The predicted molar refractivity (Wildman–Crippen MR) is 111 cm³/mol. The highest BCUT2D eigenvalue weighted by atomic mass is 32.3. The number of alkyl halides is 3. The normalized spacial score (nSPS) is 23.4. The van der Waals surface area contributed by atoms with E-state index in [1.54, 1.807) is 6.08 Å². The Labute approximate surface area is 182 Å². The van der Waals surface area contributed by atoms with Crippen LogP contribution in [0.2, 0.25) is 0 Å². The van der Waals surface area contributed by atoms with Gasteiger partial charge in [0.1, 0.15) is 11.1 Å². The van der Waals surface area contributed by atoms with E-state index >= 15 is 0 Å². The Hall–Kier alpha value is -1.34. The number of rotatable bonds is 4. The summed E-state index contributed by atoms with van der Waals surface area (Å²) in [7, 11) is -3.48. The third kappa shape index (κ3) is 5.88. The second kappa shape index (κ2) is 9.03. The molecule has 0 spiro atoms. The van der Waals surface area contributed by atoms with Crippen molar-refractivity contribution in [3.63, 3.8) is 0 Å². The molecule has 0 aromatic carbocycles. The number of carbonyl (C=O) groups is 1. The number of amides is 1.